The largest absolute Gasteiger partial charge is 0.395 e. The Morgan fingerprint density at radius 3 is 0.857 bits per heavy atom. The zero-order valence-electron chi connectivity index (χ0n) is 86.1. The Hall–Kier alpha value is -0.810. The van der Waals surface area contributed by atoms with Crippen molar-refractivity contribution in [1.82, 2.24) is 64.5 Å². The van der Waals surface area contributed by atoms with Crippen molar-refractivity contribution in [2.24, 2.45) is 5.92 Å². The average molecular weight is 1610 g/mol. The third-order valence-corrected chi connectivity index (χ3v) is 22.2. The van der Waals surface area contributed by atoms with Gasteiger partial charge in [0.2, 0.25) is 0 Å². The molecule has 7 rings (SSSR count). The Morgan fingerprint density at radius 2 is 0.759 bits per heavy atom. The molecular formula is C94H210F3N13O2. The van der Waals surface area contributed by atoms with Crippen LogP contribution in [0.1, 0.15) is 350 Å². The highest BCUT2D eigenvalue weighted by molar-refractivity contribution is 4.98. The van der Waals surface area contributed by atoms with Crippen molar-refractivity contribution in [1.29, 1.82) is 0 Å². The number of methoxy groups -OCH3 is 1. The van der Waals surface area contributed by atoms with E-state index in [1.165, 1.54) is 90.8 Å². The first kappa shape index (κ1) is 122. The maximum atomic E-state index is 12.9. The number of rotatable bonds is 8. The molecule has 7 aliphatic rings. The normalized spacial score (nSPS) is 19.4. The quantitative estimate of drug-likeness (QED) is 0.215. The molecule has 0 aromatic carbocycles. The predicted molar refractivity (Wildman–Crippen MR) is 497 cm³/mol. The molecule has 6 aliphatic heterocycles. The molecule has 6 saturated heterocycles. The molecule has 1 atom stereocenters. The highest BCUT2D eigenvalue weighted by atomic mass is 19.3. The molecule has 1 unspecified atom stereocenters. The van der Waals surface area contributed by atoms with E-state index in [0.29, 0.717) is 81.1 Å². The first-order chi connectivity index (χ1) is 49.5. The summed E-state index contributed by atoms with van der Waals surface area (Å²) in [4.78, 5) is 25.6. The van der Waals surface area contributed by atoms with Crippen molar-refractivity contribution < 1.29 is 23.0 Å². The van der Waals surface area contributed by atoms with Gasteiger partial charge in [-0.25, -0.2) is 13.2 Å². The number of β-amino-alcohol motifs (C(OH)–C–C–N with tert-alkyl or cyclic N) is 1. The minimum atomic E-state index is -2.23. The van der Waals surface area contributed by atoms with E-state index < -0.39 is 12.1 Å². The van der Waals surface area contributed by atoms with Crippen molar-refractivity contribution in [2.75, 3.05) is 161 Å². The summed E-state index contributed by atoms with van der Waals surface area (Å²) in [6.45, 7) is 112. The van der Waals surface area contributed by atoms with Crippen LogP contribution in [0.4, 0.5) is 13.2 Å². The van der Waals surface area contributed by atoms with Gasteiger partial charge in [0.15, 0.2) is 0 Å². The monoisotopic (exact) mass is 1610 g/mol. The molecule has 7 fully saturated rings. The van der Waals surface area contributed by atoms with Crippen LogP contribution in [0.3, 0.4) is 0 Å². The second kappa shape index (κ2) is 53.2. The summed E-state index contributed by atoms with van der Waals surface area (Å²) in [5.74, 6) is 0.934. The number of aliphatic hydroxyl groups excluding tert-OH is 1. The lowest BCUT2D eigenvalue weighted by molar-refractivity contribution is -0.0702. The first-order valence-electron chi connectivity index (χ1n) is 44.1. The molecule has 684 valence electrons. The minimum absolute atomic E-state index is 0.142. The van der Waals surface area contributed by atoms with Gasteiger partial charge in [0.25, 0.3) is 6.43 Å². The van der Waals surface area contributed by atoms with E-state index in [2.05, 4.69) is 372 Å². The van der Waals surface area contributed by atoms with E-state index >= 15 is 0 Å². The number of hydrogen-bond donors (Lipinski definition) is 3. The fourth-order valence-corrected chi connectivity index (χ4v) is 10.5. The zero-order valence-corrected chi connectivity index (χ0v) is 86.1. The van der Waals surface area contributed by atoms with Crippen molar-refractivity contribution in [3.8, 4) is 0 Å². The van der Waals surface area contributed by atoms with Gasteiger partial charge in [-0.15, -0.1) is 0 Å². The van der Waals surface area contributed by atoms with Crippen LogP contribution in [-0.2, 0) is 4.74 Å². The van der Waals surface area contributed by atoms with Gasteiger partial charge in [0.1, 0.15) is 5.67 Å². The maximum absolute atomic E-state index is 12.9. The molecule has 6 heterocycles. The second-order valence-electron chi connectivity index (χ2n) is 46.6. The Balaban J connectivity index is -0.000000272. The highest BCUT2D eigenvalue weighted by Crippen LogP contribution is 2.33. The fraction of sp³-hybridized carbons (Fsp3) is 1.00. The van der Waals surface area contributed by atoms with Crippen LogP contribution in [0, 0.1) is 5.92 Å². The second-order valence-corrected chi connectivity index (χ2v) is 46.6. The van der Waals surface area contributed by atoms with Gasteiger partial charge in [-0.2, -0.15) is 0 Å². The zero-order chi connectivity index (χ0) is 90.6. The fourth-order valence-electron chi connectivity index (χ4n) is 10.5. The summed E-state index contributed by atoms with van der Waals surface area (Å²) < 4.78 is 41.7. The van der Waals surface area contributed by atoms with Crippen LogP contribution >= 0.6 is 0 Å². The molecule has 18 heteroatoms. The number of aliphatic hydroxyl groups is 1. The number of ether oxygens (including phenoxy) is 1. The van der Waals surface area contributed by atoms with Gasteiger partial charge in [-0.3, -0.25) is 39.2 Å². The van der Waals surface area contributed by atoms with Crippen LogP contribution < -0.4 is 10.6 Å². The Morgan fingerprint density at radius 1 is 0.438 bits per heavy atom. The SMILES string of the molecule is CC(C)(C)N1CCC1.CC(C)(C)N1CCCCC1.CC(C)(C)NCCO.CC1(F)CN(C(C)(C)C)C1.CC1CCN1C(C)(C)C.CC1CN(C(C)(C)C)C1.CCN(C)C(C)(C)C.CCN(C)C(C)(C)C.CN(C)C(C)(C)C.CN(C1CC1)C(C)(C)C.CN(CC(F)F)C(C)(C)C.CNC(C)(C)C.COC1CN(C(C)(C)C)C1. The smallest absolute Gasteiger partial charge is 0.251 e. The Bertz CT molecular complexity index is 2160. The molecular weight excluding hydrogens is 1400 g/mol. The van der Waals surface area contributed by atoms with Gasteiger partial charge in [-0.1, -0.05) is 27.2 Å². The van der Waals surface area contributed by atoms with Gasteiger partial charge in [-0.05, 0) is 417 Å². The van der Waals surface area contributed by atoms with E-state index in [1.807, 2.05) is 27.8 Å². The molecule has 1 saturated carbocycles. The summed E-state index contributed by atoms with van der Waals surface area (Å²) in [6, 6.07) is 1.72. The van der Waals surface area contributed by atoms with Crippen molar-refractivity contribution >= 4 is 0 Å². The van der Waals surface area contributed by atoms with E-state index in [9.17, 15) is 13.2 Å². The molecule has 0 amide bonds. The topological polar surface area (TPSA) is 89.2 Å². The summed E-state index contributed by atoms with van der Waals surface area (Å²) in [7, 11) is 16.1. The minimum Gasteiger partial charge on any atom is -0.395 e. The number of halogens is 3. The maximum Gasteiger partial charge on any atom is 0.251 e. The molecule has 0 spiro atoms. The molecule has 1 aliphatic carbocycles. The van der Waals surface area contributed by atoms with Crippen molar-refractivity contribution in [3.05, 3.63) is 0 Å². The van der Waals surface area contributed by atoms with E-state index in [-0.39, 0.29) is 29.8 Å². The van der Waals surface area contributed by atoms with Crippen molar-refractivity contribution in [2.45, 2.75) is 452 Å². The Labute approximate surface area is 703 Å². The van der Waals surface area contributed by atoms with Crippen LogP contribution in [0.25, 0.3) is 0 Å². The number of likely N-dealkylation sites (tertiary alicyclic amines) is 6. The molecule has 112 heavy (non-hydrogen) atoms. The van der Waals surface area contributed by atoms with Gasteiger partial charge >= 0.3 is 0 Å². The summed E-state index contributed by atoms with van der Waals surface area (Å²) >= 11 is 0. The van der Waals surface area contributed by atoms with Crippen LogP contribution in [-0.4, -0.2) is 323 Å². The van der Waals surface area contributed by atoms with Crippen LogP contribution in [0.2, 0.25) is 0 Å². The van der Waals surface area contributed by atoms with Crippen LogP contribution in [0.15, 0.2) is 0 Å². The molecule has 0 aromatic heterocycles. The average Bonchev–Trinajstić information content (AvgIpc) is 1.06. The third-order valence-electron chi connectivity index (χ3n) is 22.2. The standard InChI is InChI=1S/C9H19N.C8H16FN.C8H17NO.3C8H17N.C7H15F2N.C7H15N.2C7H17N.C6H15NO.C6H15N.C5H13N/c1-9(2,3)10-7-5-4-6-8-10;1-7(2,3)10-5-8(4,9)6-10;1-8(2,3)9-5-7(6-9)10-4;1-7-5-9(6-7)8(2,3)4;1-8(2,3)9(4)7-5-6-7;1-7-5-6-9(7)8(2,3)4;1-7(2,3)10(4)5-6(8)9;1-7(2,3)8-5-4-6-8;2*1-6-8(5)7(2,3)4;1-6(2,3)7-4-5-8;1-6(2,3)7(4)5;1-5(2,3)6-4/h4-8H2,1-3H3;5-6H2,1-4H3;7H,5-6H2,1-4H3;3*7H,5-6H2,1-4H3;6H,5H2,1-4H3;4-6H2,1-3H3;2*6H2,1-5H3;7-8H,4-5H2,1-3H3;1-5H3;6H,1-4H3. The van der Waals surface area contributed by atoms with E-state index in [1.54, 1.807) is 26.0 Å². The molecule has 0 bridgehead atoms. The third kappa shape index (κ3) is 66.0. The molecule has 15 nitrogen and oxygen atoms in total. The van der Waals surface area contributed by atoms with Gasteiger partial charge < -0.3 is 35.2 Å². The first-order valence-corrected chi connectivity index (χ1v) is 44.1. The summed E-state index contributed by atoms with van der Waals surface area (Å²) in [6.07, 6.45) is 8.10. The van der Waals surface area contributed by atoms with Crippen LogP contribution in [0.5, 0.6) is 0 Å². The lowest BCUT2D eigenvalue weighted by Crippen LogP contribution is -2.63. The lowest BCUT2D eigenvalue weighted by atomic mass is 9.92. The number of alkyl halides is 3. The highest BCUT2D eigenvalue weighted by Gasteiger charge is 2.44. The number of nitrogens with one attached hydrogen (secondary N) is 2. The summed E-state index contributed by atoms with van der Waals surface area (Å²) in [5, 5.41) is 14.6. The predicted octanol–water partition coefficient (Wildman–Crippen LogP) is 20.4. The number of nitrogens with zero attached hydrogens (tertiary/aromatic N) is 11. The lowest BCUT2D eigenvalue weighted by Gasteiger charge is -2.49. The van der Waals surface area contributed by atoms with E-state index in [0.717, 1.165) is 44.2 Å². The molecule has 3 N–H and O–H groups in total. The molecule has 0 aromatic rings. The molecule has 0 radical (unpaired) electrons. The summed E-state index contributed by atoms with van der Waals surface area (Å²) in [5.41, 5.74) is 2.86. The van der Waals surface area contributed by atoms with E-state index in [4.69, 9.17) is 9.84 Å². The van der Waals surface area contributed by atoms with Gasteiger partial charge in [0, 0.05) is 144 Å². The number of piperidine rings is 1. The number of hydrogen-bond acceptors (Lipinski definition) is 15. The van der Waals surface area contributed by atoms with Crippen molar-refractivity contribution in [3.63, 3.8) is 0 Å². The van der Waals surface area contributed by atoms with Gasteiger partial charge in [0.05, 0.1) is 19.3 Å². The Kier molecular flexibility index (Phi) is 57.9.